The van der Waals surface area contributed by atoms with Crippen molar-refractivity contribution in [2.45, 2.75) is 76.6 Å². The van der Waals surface area contributed by atoms with Gasteiger partial charge in [-0.15, -0.1) is 0 Å². The molecule has 2 aliphatic rings. The van der Waals surface area contributed by atoms with Crippen LogP contribution in [0.1, 0.15) is 116 Å². The van der Waals surface area contributed by atoms with E-state index in [-0.39, 0.29) is 46.1 Å². The van der Waals surface area contributed by atoms with Crippen LogP contribution in [0.3, 0.4) is 0 Å². The molecular weight excluding hydrogens is 1010 g/mol. The van der Waals surface area contributed by atoms with Crippen molar-refractivity contribution in [1.29, 1.82) is 0 Å². The minimum atomic E-state index is -4.69. The summed E-state index contributed by atoms with van der Waals surface area (Å²) in [4.78, 5) is 59.8. The molecule has 1 aliphatic carbocycles. The predicted octanol–water partition coefficient (Wildman–Crippen LogP) is 11.2. The third-order valence-corrected chi connectivity index (χ3v) is 15.0. The Hall–Kier alpha value is -7.44. The molecule has 3 aromatic heterocycles. The van der Waals surface area contributed by atoms with Crippen LogP contribution in [0.15, 0.2) is 103 Å². The van der Waals surface area contributed by atoms with E-state index in [2.05, 4.69) is 20.5 Å². The zero-order valence-electron chi connectivity index (χ0n) is 42.0. The first-order valence-electron chi connectivity index (χ1n) is 25.1. The van der Waals surface area contributed by atoms with E-state index in [0.29, 0.717) is 44.9 Å². The first-order valence-corrected chi connectivity index (χ1v) is 25.5. The number of nitrogens with two attached hydrogens (primary N) is 1. The van der Waals surface area contributed by atoms with E-state index in [4.69, 9.17) is 27.2 Å². The molecule has 0 radical (unpaired) electrons. The molecule has 0 spiro atoms. The molecule has 1 aliphatic heterocycles. The van der Waals surface area contributed by atoms with Crippen LogP contribution in [-0.4, -0.2) is 74.5 Å². The number of primary amides is 1. The van der Waals surface area contributed by atoms with Crippen molar-refractivity contribution >= 4 is 51.7 Å². The maximum atomic E-state index is 15.9. The molecule has 19 heteroatoms. The number of rotatable bonds is 16. The fraction of sp³-hybridized carbons (Fsp3) is 0.333. The number of nitrogens with zero attached hydrogens (tertiary/aromatic N) is 5. The van der Waals surface area contributed by atoms with Gasteiger partial charge in [-0.3, -0.25) is 23.9 Å². The van der Waals surface area contributed by atoms with Crippen molar-refractivity contribution in [3.8, 4) is 16.9 Å². The number of carbonyl (C=O) groups excluding carboxylic acids is 4. The van der Waals surface area contributed by atoms with Gasteiger partial charge in [0.1, 0.15) is 28.8 Å². The van der Waals surface area contributed by atoms with E-state index in [1.54, 1.807) is 55.6 Å². The van der Waals surface area contributed by atoms with Gasteiger partial charge in [-0.2, -0.15) is 18.3 Å². The Bertz CT molecular complexity index is 3320. The molecule has 0 unspecified atom stereocenters. The number of likely N-dealkylation sites (tertiary alicyclic amines) is 1. The summed E-state index contributed by atoms with van der Waals surface area (Å²) in [5, 5.41) is 11.4. The maximum Gasteiger partial charge on any atom is 0.433 e. The number of pyridine rings is 1. The Kier molecular flexibility index (Phi) is 15.7. The van der Waals surface area contributed by atoms with Crippen LogP contribution in [0, 0.1) is 30.4 Å². The van der Waals surface area contributed by atoms with Gasteiger partial charge >= 0.3 is 6.18 Å². The Morgan fingerprint density at radius 2 is 1.55 bits per heavy atom. The quantitative estimate of drug-likeness (QED) is 0.0635. The number of carbonyl (C=O) groups is 4. The zero-order valence-corrected chi connectivity index (χ0v) is 42.8. The molecule has 3 amide bonds. The molecule has 4 aromatic carbocycles. The van der Waals surface area contributed by atoms with Gasteiger partial charge < -0.3 is 30.6 Å². The topological polar surface area (TPSA) is 166 Å². The van der Waals surface area contributed by atoms with E-state index in [9.17, 15) is 32.3 Å². The second-order valence-electron chi connectivity index (χ2n) is 19.9. The fourth-order valence-electron chi connectivity index (χ4n) is 10.7. The van der Waals surface area contributed by atoms with Crippen LogP contribution in [0.5, 0.6) is 5.75 Å². The summed E-state index contributed by atoms with van der Waals surface area (Å²) in [5.74, 6) is -2.96. The Labute approximate surface area is 440 Å². The highest BCUT2D eigenvalue weighted by Gasteiger charge is 2.34. The third kappa shape index (κ3) is 11.8. The van der Waals surface area contributed by atoms with Crippen LogP contribution >= 0.6 is 11.6 Å². The number of aryl methyl sites for hydroxylation is 1. The standard InChI is InChI=1S/C57H56ClF5N8O5/c1-32-42(59)18-19-43(60)51(32)52-41(55(74)66-45(28-50(64)72)37-6-4-7-39(58)25-37)31-69(2)53(52)54(73)36-14-10-33(11-15-36)24-34-20-22-70(23-21-34)29-35-12-16-40(17-13-35)71-30-38-26-47(48(76-3)27-46(38)68-71)67-56(75)44-8-5-9-49(65-44)57(61,62)63/h4-11,14-15,18-19,25-27,30-31,34-35,40,45H,12-13,16-17,20-24,28-29H2,1-3H3,(H2,64,72)(H,66,74)(H,67,75)/t35?,40?,45-/m0/s1. The molecule has 1 saturated heterocycles. The van der Waals surface area contributed by atoms with Crippen LogP contribution in [0.2, 0.25) is 5.02 Å². The van der Waals surface area contributed by atoms with Crippen molar-refractivity contribution in [2.24, 2.45) is 24.6 Å². The molecule has 4 N–H and O–H groups in total. The van der Waals surface area contributed by atoms with Crippen molar-refractivity contribution in [1.82, 2.24) is 29.5 Å². The Morgan fingerprint density at radius 3 is 2.24 bits per heavy atom. The largest absolute Gasteiger partial charge is 0.494 e. The lowest BCUT2D eigenvalue weighted by molar-refractivity contribution is -0.141. The molecule has 9 rings (SSSR count). The lowest BCUT2D eigenvalue weighted by Gasteiger charge is -2.36. The molecule has 1 saturated carbocycles. The van der Waals surface area contributed by atoms with Crippen LogP contribution < -0.4 is 21.1 Å². The lowest BCUT2D eigenvalue weighted by atomic mass is 9.84. The number of halogens is 6. The number of fused-ring (bicyclic) bond motifs is 1. The number of methoxy groups -OCH3 is 1. The van der Waals surface area contributed by atoms with E-state index in [1.807, 2.05) is 23.0 Å². The van der Waals surface area contributed by atoms with Gasteiger partial charge in [-0.05, 0) is 136 Å². The Morgan fingerprint density at radius 1 is 0.842 bits per heavy atom. The van der Waals surface area contributed by atoms with E-state index < -0.39 is 53.1 Å². The van der Waals surface area contributed by atoms with Gasteiger partial charge in [0.05, 0.1) is 48.1 Å². The zero-order chi connectivity index (χ0) is 54.0. The van der Waals surface area contributed by atoms with Crippen molar-refractivity contribution < 1.29 is 45.9 Å². The normalized spacial score (nSPS) is 16.9. The molecule has 76 heavy (non-hydrogen) atoms. The van der Waals surface area contributed by atoms with Crippen LogP contribution in [0.25, 0.3) is 22.0 Å². The molecule has 2 fully saturated rings. The highest BCUT2D eigenvalue weighted by molar-refractivity contribution is 6.30. The molecule has 13 nitrogen and oxygen atoms in total. The smallest absolute Gasteiger partial charge is 0.433 e. The minimum absolute atomic E-state index is 0.0175. The van der Waals surface area contributed by atoms with E-state index in [0.717, 1.165) is 99.8 Å². The number of aromatic nitrogens is 4. The van der Waals surface area contributed by atoms with Crippen LogP contribution in [0.4, 0.5) is 27.6 Å². The SMILES string of the molecule is COc1cc2nn(C3CCC(CN4CCC(Cc5ccc(C(=O)c6c(-c7c(F)ccc(F)c7C)c(C(=O)N[C@@H](CC(N)=O)c7cccc(Cl)c7)cn6C)cc5)CC4)CC3)cc2cc1NC(=O)c1cccc(C(F)(F)F)n1. The lowest BCUT2D eigenvalue weighted by Crippen LogP contribution is -2.38. The third-order valence-electron chi connectivity index (χ3n) is 14.7. The van der Waals surface area contributed by atoms with Crippen molar-refractivity contribution in [3.63, 3.8) is 0 Å². The number of hydrogen-bond donors (Lipinski definition) is 3. The summed E-state index contributed by atoms with van der Waals surface area (Å²) in [5.41, 5.74) is 6.34. The first kappa shape index (κ1) is 53.4. The van der Waals surface area contributed by atoms with Gasteiger partial charge in [0.15, 0.2) is 0 Å². The second kappa shape index (κ2) is 22.4. The number of anilines is 1. The molecule has 396 valence electrons. The highest BCUT2D eigenvalue weighted by Crippen LogP contribution is 2.39. The molecular formula is C57H56ClF5N8O5. The highest BCUT2D eigenvalue weighted by atomic mass is 35.5. The summed E-state index contributed by atoms with van der Waals surface area (Å²) in [7, 11) is 3.00. The summed E-state index contributed by atoms with van der Waals surface area (Å²) in [6.07, 6.45) is 5.20. The number of piperidine rings is 1. The molecule has 1 atom stereocenters. The van der Waals surface area contributed by atoms with Gasteiger partial charge in [0.25, 0.3) is 11.8 Å². The van der Waals surface area contributed by atoms with Crippen molar-refractivity contribution in [3.05, 3.63) is 165 Å². The molecule has 7 aromatic rings. The van der Waals surface area contributed by atoms with Gasteiger partial charge in [-0.1, -0.05) is 54.1 Å². The molecule has 0 bridgehead atoms. The van der Waals surface area contributed by atoms with Gasteiger partial charge in [0.2, 0.25) is 11.7 Å². The van der Waals surface area contributed by atoms with Gasteiger partial charge in [0, 0.05) is 59.2 Å². The average molecular weight is 1060 g/mol. The van der Waals surface area contributed by atoms with E-state index >= 15 is 8.78 Å². The first-order chi connectivity index (χ1) is 36.3. The predicted molar refractivity (Wildman–Crippen MR) is 278 cm³/mol. The van der Waals surface area contributed by atoms with Gasteiger partial charge in [-0.25, -0.2) is 13.8 Å². The number of ether oxygens (including phenoxy) is 1. The summed E-state index contributed by atoms with van der Waals surface area (Å²) >= 11 is 6.23. The number of alkyl halides is 3. The maximum absolute atomic E-state index is 15.9. The number of amides is 3. The Balaban J connectivity index is 0.802. The van der Waals surface area contributed by atoms with Crippen molar-refractivity contribution in [2.75, 3.05) is 32.1 Å². The minimum Gasteiger partial charge on any atom is -0.494 e. The average Bonchev–Trinajstić information content (AvgIpc) is 4.06. The number of ketones is 1. The summed E-state index contributed by atoms with van der Waals surface area (Å²) in [6.45, 7) is 4.34. The molecule has 4 heterocycles. The number of nitrogens with one attached hydrogen (secondary N) is 2. The summed E-state index contributed by atoms with van der Waals surface area (Å²) < 4.78 is 79.7. The number of hydrogen-bond acceptors (Lipinski definition) is 8. The number of benzene rings is 4. The van der Waals surface area contributed by atoms with Crippen LogP contribution in [-0.2, 0) is 24.4 Å². The van der Waals surface area contributed by atoms with E-state index in [1.165, 1.54) is 30.9 Å². The fourth-order valence-corrected chi connectivity index (χ4v) is 10.9. The second-order valence-corrected chi connectivity index (χ2v) is 20.3. The monoisotopic (exact) mass is 1060 g/mol. The summed E-state index contributed by atoms with van der Waals surface area (Å²) in [6, 6.07) is 21.6.